The van der Waals surface area contributed by atoms with Gasteiger partial charge in [-0.1, -0.05) is 41.9 Å². The first-order valence-electron chi connectivity index (χ1n) is 10.6. The SMILES string of the molecule is Cc1c(C(=O)N2CC[C@@]34O[C@@H](c5ccccc5)CN3C(=O)C[C@@H]24)[nH]c2ccc(Cl)cc12. The number of likely N-dealkylation sites (tertiary alicyclic amines) is 1. The van der Waals surface area contributed by atoms with Crippen LogP contribution in [0.3, 0.4) is 0 Å². The summed E-state index contributed by atoms with van der Waals surface area (Å²) >= 11 is 6.15. The van der Waals surface area contributed by atoms with Crippen LogP contribution in [0.4, 0.5) is 0 Å². The smallest absolute Gasteiger partial charge is 0.271 e. The first kappa shape index (κ1) is 18.9. The number of hydrogen-bond acceptors (Lipinski definition) is 3. The van der Waals surface area contributed by atoms with Gasteiger partial charge in [0.2, 0.25) is 5.91 Å². The Labute approximate surface area is 184 Å². The van der Waals surface area contributed by atoms with E-state index in [1.807, 2.05) is 65.3 Å². The number of amides is 2. The van der Waals surface area contributed by atoms with Crippen molar-refractivity contribution in [3.8, 4) is 0 Å². The van der Waals surface area contributed by atoms with E-state index in [2.05, 4.69) is 4.98 Å². The van der Waals surface area contributed by atoms with Crippen LogP contribution in [0.25, 0.3) is 10.9 Å². The first-order chi connectivity index (χ1) is 15.0. The van der Waals surface area contributed by atoms with Crippen molar-refractivity contribution in [3.63, 3.8) is 0 Å². The number of aromatic amines is 1. The third-order valence-corrected chi connectivity index (χ3v) is 7.33. The van der Waals surface area contributed by atoms with Crippen molar-refractivity contribution >= 4 is 34.3 Å². The minimum absolute atomic E-state index is 0.0566. The van der Waals surface area contributed by atoms with Crippen LogP contribution < -0.4 is 0 Å². The minimum Gasteiger partial charge on any atom is -0.350 e. The fraction of sp³-hybridized carbons (Fsp3) is 0.333. The van der Waals surface area contributed by atoms with E-state index >= 15 is 0 Å². The molecule has 158 valence electrons. The molecule has 31 heavy (non-hydrogen) atoms. The van der Waals surface area contributed by atoms with E-state index in [4.69, 9.17) is 16.3 Å². The fourth-order valence-electron chi connectivity index (χ4n) is 5.57. The van der Waals surface area contributed by atoms with Crippen LogP contribution in [-0.4, -0.2) is 51.5 Å². The van der Waals surface area contributed by atoms with Gasteiger partial charge in [-0.15, -0.1) is 0 Å². The third kappa shape index (κ3) is 2.61. The van der Waals surface area contributed by atoms with Gasteiger partial charge in [0.1, 0.15) is 11.8 Å². The molecule has 3 aliphatic rings. The number of benzene rings is 2. The Bertz CT molecular complexity index is 1220. The second-order valence-corrected chi connectivity index (χ2v) is 9.09. The van der Waals surface area contributed by atoms with Crippen LogP contribution >= 0.6 is 11.6 Å². The maximum atomic E-state index is 13.6. The predicted molar refractivity (Wildman–Crippen MR) is 117 cm³/mol. The van der Waals surface area contributed by atoms with Gasteiger partial charge in [-0.3, -0.25) is 9.59 Å². The van der Waals surface area contributed by atoms with Gasteiger partial charge in [-0.2, -0.15) is 0 Å². The average molecular weight is 436 g/mol. The average Bonchev–Trinajstić information content (AvgIpc) is 3.48. The summed E-state index contributed by atoms with van der Waals surface area (Å²) in [7, 11) is 0. The number of nitrogens with one attached hydrogen (secondary N) is 1. The highest BCUT2D eigenvalue weighted by Gasteiger charge is 2.65. The molecular weight excluding hydrogens is 414 g/mol. The zero-order valence-corrected chi connectivity index (χ0v) is 17.9. The molecule has 0 saturated carbocycles. The predicted octanol–water partition coefficient (Wildman–Crippen LogP) is 4.04. The standard InChI is InChI=1S/C24H22ClN3O3/c1-14-17-11-16(25)7-8-18(17)26-22(14)23(30)27-10-9-24-20(27)12-21(29)28(24)13-19(31-24)15-5-3-2-4-6-15/h2-8,11,19-20,26H,9-10,12-13H2,1H3/t19-,20-,24+/m1/s1. The van der Waals surface area contributed by atoms with E-state index in [1.54, 1.807) is 0 Å². The molecule has 3 saturated heterocycles. The molecule has 4 heterocycles. The van der Waals surface area contributed by atoms with Gasteiger partial charge in [0.25, 0.3) is 5.91 Å². The summed E-state index contributed by atoms with van der Waals surface area (Å²) in [6.45, 7) is 3.02. The molecule has 2 aromatic carbocycles. The molecule has 0 aliphatic carbocycles. The van der Waals surface area contributed by atoms with Crippen molar-refractivity contribution in [1.29, 1.82) is 0 Å². The van der Waals surface area contributed by atoms with E-state index in [0.29, 0.717) is 36.6 Å². The molecule has 0 bridgehead atoms. The zero-order chi connectivity index (χ0) is 21.3. The molecule has 7 heteroatoms. The fourth-order valence-corrected chi connectivity index (χ4v) is 5.74. The number of carbonyl (C=O) groups is 2. The first-order valence-corrected chi connectivity index (χ1v) is 11.0. The molecule has 1 spiro atoms. The Morgan fingerprint density at radius 1 is 1.23 bits per heavy atom. The van der Waals surface area contributed by atoms with Crippen molar-refractivity contribution in [1.82, 2.24) is 14.8 Å². The molecule has 3 fully saturated rings. The highest BCUT2D eigenvalue weighted by Crippen LogP contribution is 2.51. The molecule has 3 aromatic rings. The molecule has 0 unspecified atom stereocenters. The highest BCUT2D eigenvalue weighted by atomic mass is 35.5. The number of hydrogen-bond donors (Lipinski definition) is 1. The number of nitrogens with zero attached hydrogens (tertiary/aromatic N) is 2. The van der Waals surface area contributed by atoms with Crippen LogP contribution in [0, 0.1) is 6.92 Å². The van der Waals surface area contributed by atoms with E-state index in [9.17, 15) is 9.59 Å². The lowest BCUT2D eigenvalue weighted by atomic mass is 10.1. The summed E-state index contributed by atoms with van der Waals surface area (Å²) in [5, 5.41) is 1.58. The summed E-state index contributed by atoms with van der Waals surface area (Å²) in [4.78, 5) is 33.4. The summed E-state index contributed by atoms with van der Waals surface area (Å²) in [6, 6.07) is 15.3. The molecule has 6 nitrogen and oxygen atoms in total. The van der Waals surface area contributed by atoms with Gasteiger partial charge < -0.3 is 19.5 Å². The Balaban J connectivity index is 1.33. The quantitative estimate of drug-likeness (QED) is 0.660. The van der Waals surface area contributed by atoms with Crippen LogP contribution in [0.5, 0.6) is 0 Å². The number of aryl methyl sites for hydroxylation is 1. The summed E-state index contributed by atoms with van der Waals surface area (Å²) in [6.07, 6.45) is 0.766. The molecule has 2 amide bonds. The van der Waals surface area contributed by atoms with Gasteiger partial charge >= 0.3 is 0 Å². The van der Waals surface area contributed by atoms with E-state index in [0.717, 1.165) is 22.0 Å². The molecule has 1 N–H and O–H groups in total. The highest BCUT2D eigenvalue weighted by molar-refractivity contribution is 6.31. The van der Waals surface area contributed by atoms with E-state index in [-0.39, 0.29) is 24.0 Å². The van der Waals surface area contributed by atoms with Crippen LogP contribution in [-0.2, 0) is 9.53 Å². The number of fused-ring (bicyclic) bond motifs is 1. The molecule has 3 atom stereocenters. The van der Waals surface area contributed by atoms with Crippen LogP contribution in [0.15, 0.2) is 48.5 Å². The maximum Gasteiger partial charge on any atom is 0.271 e. The summed E-state index contributed by atoms with van der Waals surface area (Å²) in [5.41, 5.74) is 2.64. The maximum absolute atomic E-state index is 13.6. The van der Waals surface area contributed by atoms with Crippen LogP contribution in [0.2, 0.25) is 5.02 Å². The number of carbonyl (C=O) groups excluding carboxylic acids is 2. The third-order valence-electron chi connectivity index (χ3n) is 7.09. The number of rotatable bonds is 2. The Hall–Kier alpha value is -2.83. The number of ether oxygens (including phenoxy) is 1. The molecule has 0 radical (unpaired) electrons. The van der Waals surface area contributed by atoms with Crippen molar-refractivity contribution in [2.24, 2.45) is 0 Å². The number of aromatic nitrogens is 1. The summed E-state index contributed by atoms with van der Waals surface area (Å²) < 4.78 is 6.56. The van der Waals surface area contributed by atoms with Crippen LogP contribution in [0.1, 0.15) is 40.6 Å². The van der Waals surface area contributed by atoms with E-state index < -0.39 is 5.72 Å². The van der Waals surface area contributed by atoms with Crippen molar-refractivity contribution in [2.45, 2.75) is 37.6 Å². The van der Waals surface area contributed by atoms with Gasteiger partial charge in [0.05, 0.1) is 19.0 Å². The van der Waals surface area contributed by atoms with Gasteiger partial charge in [0, 0.05) is 28.9 Å². The van der Waals surface area contributed by atoms with Gasteiger partial charge in [-0.25, -0.2) is 0 Å². The lowest BCUT2D eigenvalue weighted by molar-refractivity contribution is -0.138. The molecule has 6 rings (SSSR count). The second-order valence-electron chi connectivity index (χ2n) is 8.65. The molecule has 3 aliphatic heterocycles. The summed E-state index contributed by atoms with van der Waals surface area (Å²) in [5.74, 6) is -0.0332. The molecular formula is C24H22ClN3O3. The van der Waals surface area contributed by atoms with Crippen molar-refractivity contribution < 1.29 is 14.3 Å². The monoisotopic (exact) mass is 435 g/mol. The van der Waals surface area contributed by atoms with E-state index in [1.165, 1.54) is 0 Å². The molecule has 1 aromatic heterocycles. The Morgan fingerprint density at radius 3 is 2.84 bits per heavy atom. The Morgan fingerprint density at radius 2 is 2.03 bits per heavy atom. The topological polar surface area (TPSA) is 65.6 Å². The second kappa shape index (κ2) is 6.58. The zero-order valence-electron chi connectivity index (χ0n) is 17.1. The van der Waals surface area contributed by atoms with Crippen molar-refractivity contribution in [3.05, 3.63) is 70.4 Å². The lowest BCUT2D eigenvalue weighted by Crippen LogP contribution is -2.48. The Kier molecular flexibility index (Phi) is 4.01. The van der Waals surface area contributed by atoms with Crippen molar-refractivity contribution in [2.75, 3.05) is 13.1 Å². The largest absolute Gasteiger partial charge is 0.350 e. The normalized spacial score (nSPS) is 27.2. The number of halogens is 1. The van der Waals surface area contributed by atoms with Gasteiger partial charge in [-0.05, 0) is 36.2 Å². The lowest BCUT2D eigenvalue weighted by Gasteiger charge is -2.32. The number of H-pyrrole nitrogens is 1. The minimum atomic E-state index is -0.726. The van der Waals surface area contributed by atoms with Gasteiger partial charge in [0.15, 0.2) is 5.72 Å².